The van der Waals surface area contributed by atoms with Gasteiger partial charge in [-0.25, -0.2) is 0 Å². The van der Waals surface area contributed by atoms with Crippen LogP contribution in [0.25, 0.3) is 0 Å². The number of hydrogen-bond donors (Lipinski definition) is 2. The highest BCUT2D eigenvalue weighted by Gasteiger charge is 2.16. The van der Waals surface area contributed by atoms with Gasteiger partial charge in [0.05, 0.1) is 0 Å². The van der Waals surface area contributed by atoms with E-state index >= 15 is 0 Å². The van der Waals surface area contributed by atoms with Crippen LogP contribution in [0, 0.1) is 0 Å². The van der Waals surface area contributed by atoms with Crippen LogP contribution in [0.2, 0.25) is 0 Å². The zero-order chi connectivity index (χ0) is 8.81. The molecule has 0 spiro atoms. The largest absolute Gasteiger partial charge is 0.329 e. The zero-order valence-corrected chi connectivity index (χ0v) is 8.05. The minimum Gasteiger partial charge on any atom is -0.329 e. The summed E-state index contributed by atoms with van der Waals surface area (Å²) in [5.41, 5.74) is 5.60. The van der Waals surface area contributed by atoms with Crippen molar-refractivity contribution in [3.05, 3.63) is 0 Å². The van der Waals surface area contributed by atoms with Gasteiger partial charge < -0.3 is 16.0 Å². The molecule has 1 fully saturated rings. The van der Waals surface area contributed by atoms with Gasteiger partial charge in [0.15, 0.2) is 0 Å². The van der Waals surface area contributed by atoms with E-state index in [0.717, 1.165) is 19.6 Å². The van der Waals surface area contributed by atoms with E-state index < -0.39 is 0 Å². The molecule has 3 heteroatoms. The predicted molar refractivity (Wildman–Crippen MR) is 52.2 cm³/mol. The van der Waals surface area contributed by atoms with Crippen LogP contribution in [-0.4, -0.2) is 43.7 Å². The lowest BCUT2D eigenvalue weighted by molar-refractivity contribution is 0.200. The van der Waals surface area contributed by atoms with Crippen molar-refractivity contribution in [2.75, 3.05) is 32.7 Å². The molecule has 0 amide bonds. The summed E-state index contributed by atoms with van der Waals surface area (Å²) in [6.45, 7) is 7.68. The summed E-state index contributed by atoms with van der Waals surface area (Å²) < 4.78 is 0. The number of hydrogen-bond acceptors (Lipinski definition) is 3. The number of nitrogens with zero attached hydrogens (tertiary/aromatic N) is 1. The molecule has 1 aliphatic heterocycles. The van der Waals surface area contributed by atoms with Crippen LogP contribution in [0.4, 0.5) is 0 Å². The predicted octanol–water partition coefficient (Wildman–Crippen LogP) is 0.0190. The quantitative estimate of drug-likeness (QED) is 0.626. The van der Waals surface area contributed by atoms with E-state index in [0.29, 0.717) is 6.04 Å². The van der Waals surface area contributed by atoms with E-state index in [1.165, 1.54) is 25.9 Å². The van der Waals surface area contributed by atoms with Crippen molar-refractivity contribution in [1.29, 1.82) is 0 Å². The lowest BCUT2D eigenvalue weighted by Crippen LogP contribution is -2.53. The van der Waals surface area contributed by atoms with Gasteiger partial charge in [-0.15, -0.1) is 0 Å². The van der Waals surface area contributed by atoms with Crippen LogP contribution in [0.3, 0.4) is 0 Å². The Balaban J connectivity index is 2.16. The molecule has 1 saturated heterocycles. The van der Waals surface area contributed by atoms with Crippen LogP contribution >= 0.6 is 0 Å². The Morgan fingerprint density at radius 1 is 1.58 bits per heavy atom. The van der Waals surface area contributed by atoms with Crippen molar-refractivity contribution >= 4 is 0 Å². The summed E-state index contributed by atoms with van der Waals surface area (Å²) in [5.74, 6) is 0. The molecule has 1 rings (SSSR count). The number of nitrogens with one attached hydrogen (secondary N) is 1. The lowest BCUT2D eigenvalue weighted by atomic mass is 10.2. The van der Waals surface area contributed by atoms with Crippen molar-refractivity contribution < 1.29 is 0 Å². The highest BCUT2D eigenvalue weighted by atomic mass is 15.2. The van der Waals surface area contributed by atoms with E-state index in [2.05, 4.69) is 17.1 Å². The van der Waals surface area contributed by atoms with Gasteiger partial charge >= 0.3 is 0 Å². The summed E-state index contributed by atoms with van der Waals surface area (Å²) >= 11 is 0. The van der Waals surface area contributed by atoms with Crippen molar-refractivity contribution in [2.24, 2.45) is 5.73 Å². The molecule has 0 bridgehead atoms. The Bertz CT molecular complexity index is 116. The maximum atomic E-state index is 5.60. The second-order valence-electron chi connectivity index (χ2n) is 3.54. The Morgan fingerprint density at radius 3 is 3.08 bits per heavy atom. The van der Waals surface area contributed by atoms with Gasteiger partial charge in [0.25, 0.3) is 0 Å². The zero-order valence-electron chi connectivity index (χ0n) is 8.05. The number of rotatable bonds is 4. The summed E-state index contributed by atoms with van der Waals surface area (Å²) in [6, 6.07) is 0.524. The third-order valence-corrected chi connectivity index (χ3v) is 2.45. The van der Waals surface area contributed by atoms with E-state index in [-0.39, 0.29) is 0 Å². The Labute approximate surface area is 75.3 Å². The van der Waals surface area contributed by atoms with E-state index in [1.54, 1.807) is 0 Å². The maximum Gasteiger partial charge on any atom is 0.0318 e. The molecule has 12 heavy (non-hydrogen) atoms. The van der Waals surface area contributed by atoms with Crippen LogP contribution in [0.15, 0.2) is 0 Å². The Kier molecular flexibility index (Phi) is 4.58. The molecule has 1 heterocycles. The lowest BCUT2D eigenvalue weighted by Gasteiger charge is -2.32. The first kappa shape index (κ1) is 9.96. The van der Waals surface area contributed by atoms with Crippen molar-refractivity contribution in [2.45, 2.75) is 25.8 Å². The van der Waals surface area contributed by atoms with Gasteiger partial charge in [0.1, 0.15) is 0 Å². The molecule has 0 aromatic carbocycles. The van der Waals surface area contributed by atoms with Crippen molar-refractivity contribution in [1.82, 2.24) is 10.2 Å². The first-order chi connectivity index (χ1) is 5.86. The normalized spacial score (nSPS) is 26.0. The number of nitrogens with two attached hydrogens (primary N) is 1. The van der Waals surface area contributed by atoms with Gasteiger partial charge in [-0.2, -0.15) is 0 Å². The smallest absolute Gasteiger partial charge is 0.0318 e. The monoisotopic (exact) mass is 171 g/mol. The van der Waals surface area contributed by atoms with Gasteiger partial charge in [-0.05, 0) is 13.0 Å². The van der Waals surface area contributed by atoms with Crippen LogP contribution < -0.4 is 11.1 Å². The molecule has 0 aliphatic carbocycles. The second kappa shape index (κ2) is 5.51. The molecule has 72 valence electrons. The van der Waals surface area contributed by atoms with Gasteiger partial charge in [0.2, 0.25) is 0 Å². The number of piperazine rings is 1. The molecule has 0 radical (unpaired) electrons. The fourth-order valence-electron chi connectivity index (χ4n) is 1.64. The standard InChI is InChI=1S/C9H21N3/c1-2-3-5-12-6-4-11-9(7-10)8-12/h9,11H,2-8,10H2,1H3. The van der Waals surface area contributed by atoms with Crippen molar-refractivity contribution in [3.8, 4) is 0 Å². The summed E-state index contributed by atoms with van der Waals surface area (Å²) in [6.07, 6.45) is 2.61. The molecular formula is C9H21N3. The van der Waals surface area contributed by atoms with E-state index in [1.807, 2.05) is 0 Å². The van der Waals surface area contributed by atoms with E-state index in [4.69, 9.17) is 5.73 Å². The molecule has 0 saturated carbocycles. The first-order valence-electron chi connectivity index (χ1n) is 5.02. The average molecular weight is 171 g/mol. The Hall–Kier alpha value is -0.120. The van der Waals surface area contributed by atoms with Crippen LogP contribution in [-0.2, 0) is 0 Å². The van der Waals surface area contributed by atoms with E-state index in [9.17, 15) is 0 Å². The van der Waals surface area contributed by atoms with Gasteiger partial charge in [-0.1, -0.05) is 13.3 Å². The minimum atomic E-state index is 0.524. The van der Waals surface area contributed by atoms with Gasteiger partial charge in [0, 0.05) is 32.2 Å². The SMILES string of the molecule is CCCCN1CCNC(CN)C1. The molecule has 1 unspecified atom stereocenters. The molecular weight excluding hydrogens is 150 g/mol. The minimum absolute atomic E-state index is 0.524. The van der Waals surface area contributed by atoms with Gasteiger partial charge in [-0.3, -0.25) is 0 Å². The fourth-order valence-corrected chi connectivity index (χ4v) is 1.64. The third-order valence-electron chi connectivity index (χ3n) is 2.45. The second-order valence-corrected chi connectivity index (χ2v) is 3.54. The molecule has 0 aromatic heterocycles. The first-order valence-corrected chi connectivity index (χ1v) is 5.02. The summed E-state index contributed by atoms with van der Waals surface area (Å²) in [7, 11) is 0. The van der Waals surface area contributed by atoms with Crippen LogP contribution in [0.5, 0.6) is 0 Å². The third kappa shape index (κ3) is 3.09. The molecule has 3 nitrogen and oxygen atoms in total. The van der Waals surface area contributed by atoms with Crippen molar-refractivity contribution in [3.63, 3.8) is 0 Å². The Morgan fingerprint density at radius 2 is 2.42 bits per heavy atom. The molecule has 1 atom stereocenters. The number of unbranched alkanes of at least 4 members (excludes halogenated alkanes) is 1. The molecule has 0 aromatic rings. The highest BCUT2D eigenvalue weighted by molar-refractivity contribution is 4.78. The molecule has 3 N–H and O–H groups in total. The summed E-state index contributed by atoms with van der Waals surface area (Å²) in [4.78, 5) is 2.51. The molecule has 1 aliphatic rings. The van der Waals surface area contributed by atoms with Crippen LogP contribution in [0.1, 0.15) is 19.8 Å². The maximum absolute atomic E-state index is 5.60. The highest BCUT2D eigenvalue weighted by Crippen LogP contribution is 2.00. The average Bonchev–Trinajstić information content (AvgIpc) is 2.15. The topological polar surface area (TPSA) is 41.3 Å². The fraction of sp³-hybridized carbons (Fsp3) is 1.00. The summed E-state index contributed by atoms with van der Waals surface area (Å²) in [5, 5.41) is 3.41.